The summed E-state index contributed by atoms with van der Waals surface area (Å²) in [5.74, 6) is -1.19. The minimum atomic E-state index is -4.71. The molecule has 0 aliphatic heterocycles. The Hall–Kier alpha value is -3.70. The highest BCUT2D eigenvalue weighted by Crippen LogP contribution is 2.35. The monoisotopic (exact) mass is 518 g/mol. The van der Waals surface area contributed by atoms with E-state index in [9.17, 15) is 31.5 Å². The zero-order valence-electron chi connectivity index (χ0n) is 19.1. The molecule has 2 aromatic heterocycles. The van der Waals surface area contributed by atoms with E-state index in [0.717, 1.165) is 21.7 Å². The summed E-state index contributed by atoms with van der Waals surface area (Å²) in [7, 11) is -4.41. The normalized spacial score (nSPS) is 13.3. The van der Waals surface area contributed by atoms with Crippen LogP contribution in [0, 0.1) is 0 Å². The van der Waals surface area contributed by atoms with E-state index in [2.05, 4.69) is 4.98 Å². The molecule has 0 spiro atoms. The van der Waals surface area contributed by atoms with E-state index in [1.807, 2.05) is 13.8 Å². The molecule has 0 saturated carbocycles. The van der Waals surface area contributed by atoms with Gasteiger partial charge >= 0.3 is 12.1 Å². The number of aliphatic hydroxyl groups is 1. The molecule has 1 atom stereocenters. The predicted molar refractivity (Wildman–Crippen MR) is 125 cm³/mol. The van der Waals surface area contributed by atoms with E-state index in [1.54, 1.807) is 12.1 Å². The first-order valence-corrected chi connectivity index (χ1v) is 12.2. The largest absolute Gasteiger partial charge is 0.478 e. The minimum absolute atomic E-state index is 0.00633. The lowest BCUT2D eigenvalue weighted by Gasteiger charge is -2.17. The third-order valence-electron chi connectivity index (χ3n) is 5.77. The van der Waals surface area contributed by atoms with Crippen LogP contribution in [0.1, 0.15) is 58.6 Å². The maximum Gasteiger partial charge on any atom is 0.417 e. The standard InChI is InChI=1S/C25H21F3N2O5S/c1-14(2)17-4-3-5-20(11-17)36(34,35)30-21(22(31)15-6-8-16(9-7-15)24(32)33)12-18-10-19(25(26,27)28)13-29-23(18)30/h3-14,22,31H,1-2H3,(H,32,33). The van der Waals surface area contributed by atoms with E-state index in [0.29, 0.717) is 6.20 Å². The molecule has 11 heteroatoms. The summed E-state index contributed by atoms with van der Waals surface area (Å²) < 4.78 is 68.2. The zero-order chi connectivity index (χ0) is 26.4. The average molecular weight is 519 g/mol. The number of nitrogens with zero attached hydrogens (tertiary/aromatic N) is 2. The van der Waals surface area contributed by atoms with Crippen molar-refractivity contribution in [1.82, 2.24) is 8.96 Å². The van der Waals surface area contributed by atoms with Crippen LogP contribution in [0.15, 0.2) is 71.8 Å². The molecular weight excluding hydrogens is 497 g/mol. The fourth-order valence-electron chi connectivity index (χ4n) is 3.81. The molecule has 4 rings (SSSR count). The van der Waals surface area contributed by atoms with Gasteiger partial charge in [-0.25, -0.2) is 22.2 Å². The van der Waals surface area contributed by atoms with Crippen LogP contribution in [0.3, 0.4) is 0 Å². The van der Waals surface area contributed by atoms with Crippen molar-refractivity contribution in [3.8, 4) is 0 Å². The van der Waals surface area contributed by atoms with Crippen LogP contribution in [-0.4, -0.2) is 33.6 Å². The summed E-state index contributed by atoms with van der Waals surface area (Å²) >= 11 is 0. The van der Waals surface area contributed by atoms with Gasteiger partial charge in [-0.15, -0.1) is 0 Å². The van der Waals surface area contributed by atoms with E-state index >= 15 is 0 Å². The molecule has 0 aliphatic carbocycles. The quantitative estimate of drug-likeness (QED) is 0.363. The van der Waals surface area contributed by atoms with Gasteiger partial charge in [-0.1, -0.05) is 38.1 Å². The van der Waals surface area contributed by atoms with Gasteiger partial charge in [0.1, 0.15) is 6.10 Å². The van der Waals surface area contributed by atoms with Crippen molar-refractivity contribution in [3.05, 3.63) is 94.8 Å². The van der Waals surface area contributed by atoms with Crippen LogP contribution in [0.2, 0.25) is 0 Å². The smallest absolute Gasteiger partial charge is 0.417 e. The highest BCUT2D eigenvalue weighted by molar-refractivity contribution is 7.90. The van der Waals surface area contributed by atoms with Crippen LogP contribution in [-0.2, 0) is 16.2 Å². The van der Waals surface area contributed by atoms with Gasteiger partial charge in [0.05, 0.1) is 21.7 Å². The molecule has 188 valence electrons. The molecule has 2 heterocycles. The van der Waals surface area contributed by atoms with E-state index in [-0.39, 0.29) is 38.7 Å². The molecule has 2 N–H and O–H groups in total. The molecule has 1 unspecified atom stereocenters. The van der Waals surface area contributed by atoms with Gasteiger partial charge in [0, 0.05) is 11.6 Å². The molecule has 0 aliphatic rings. The summed E-state index contributed by atoms with van der Waals surface area (Å²) in [4.78, 5) is 14.8. The minimum Gasteiger partial charge on any atom is -0.478 e. The van der Waals surface area contributed by atoms with Crippen molar-refractivity contribution in [2.45, 2.75) is 36.9 Å². The molecule has 7 nitrogen and oxygen atoms in total. The van der Waals surface area contributed by atoms with Crippen molar-refractivity contribution in [3.63, 3.8) is 0 Å². The number of aromatic carboxylic acids is 1. The lowest BCUT2D eigenvalue weighted by Crippen LogP contribution is -2.19. The summed E-state index contributed by atoms with van der Waals surface area (Å²) in [5, 5.41) is 20.1. The summed E-state index contributed by atoms with van der Waals surface area (Å²) in [6.45, 7) is 3.76. The Morgan fingerprint density at radius 1 is 1.00 bits per heavy atom. The topological polar surface area (TPSA) is 109 Å². The Morgan fingerprint density at radius 2 is 1.67 bits per heavy atom. The third kappa shape index (κ3) is 4.59. The Morgan fingerprint density at radius 3 is 2.25 bits per heavy atom. The molecule has 2 aromatic carbocycles. The Bertz CT molecular complexity index is 1560. The zero-order valence-corrected chi connectivity index (χ0v) is 19.9. The number of pyridine rings is 1. The van der Waals surface area contributed by atoms with Crippen LogP contribution in [0.5, 0.6) is 0 Å². The fourth-order valence-corrected chi connectivity index (χ4v) is 5.36. The summed E-state index contributed by atoms with van der Waals surface area (Å²) in [6, 6.07) is 13.1. The Balaban J connectivity index is 1.96. The SMILES string of the molecule is CC(C)c1cccc(S(=O)(=O)n2c(C(O)c3ccc(C(=O)O)cc3)cc3cc(C(F)(F)F)cnc32)c1. The van der Waals surface area contributed by atoms with Gasteiger partial charge in [0.15, 0.2) is 5.65 Å². The number of carboxylic acid groups (broad SMARTS) is 1. The second kappa shape index (κ2) is 9.07. The first-order chi connectivity index (χ1) is 16.8. The van der Waals surface area contributed by atoms with Crippen molar-refractivity contribution in [2.24, 2.45) is 0 Å². The van der Waals surface area contributed by atoms with E-state index in [1.165, 1.54) is 36.4 Å². The number of carboxylic acids is 1. The number of benzene rings is 2. The molecule has 4 aromatic rings. The number of alkyl halides is 3. The fraction of sp³-hybridized carbons (Fsp3) is 0.200. The first kappa shape index (κ1) is 25.4. The van der Waals surface area contributed by atoms with Crippen LogP contribution >= 0.6 is 0 Å². The molecule has 0 fully saturated rings. The highest BCUT2D eigenvalue weighted by atomic mass is 32.2. The highest BCUT2D eigenvalue weighted by Gasteiger charge is 2.33. The van der Waals surface area contributed by atoms with Gasteiger partial charge < -0.3 is 10.2 Å². The van der Waals surface area contributed by atoms with Gasteiger partial charge in [0.25, 0.3) is 10.0 Å². The summed E-state index contributed by atoms with van der Waals surface area (Å²) in [6.07, 6.45) is -5.78. The Kier molecular flexibility index (Phi) is 6.40. The molecule has 0 saturated heterocycles. The summed E-state index contributed by atoms with van der Waals surface area (Å²) in [5.41, 5.74) is -0.777. The molecular formula is C25H21F3N2O5S. The maximum absolute atomic E-state index is 13.8. The van der Waals surface area contributed by atoms with Gasteiger partial charge in [-0.3, -0.25) is 0 Å². The van der Waals surface area contributed by atoms with Crippen molar-refractivity contribution < 1.29 is 36.6 Å². The van der Waals surface area contributed by atoms with Crippen molar-refractivity contribution in [1.29, 1.82) is 0 Å². The Labute approximate surface area is 204 Å². The number of aromatic nitrogens is 2. The van der Waals surface area contributed by atoms with Crippen molar-refractivity contribution >= 4 is 27.0 Å². The van der Waals surface area contributed by atoms with E-state index in [4.69, 9.17) is 5.11 Å². The molecule has 36 heavy (non-hydrogen) atoms. The number of hydrogen-bond donors (Lipinski definition) is 2. The molecule has 0 bridgehead atoms. The predicted octanol–water partition coefficient (Wildman–Crippen LogP) is 5.20. The number of fused-ring (bicyclic) bond motifs is 1. The number of hydrogen-bond acceptors (Lipinski definition) is 5. The van der Waals surface area contributed by atoms with Crippen molar-refractivity contribution in [2.75, 3.05) is 0 Å². The number of halogens is 3. The van der Waals surface area contributed by atoms with Gasteiger partial charge in [0.2, 0.25) is 0 Å². The number of carbonyl (C=O) groups is 1. The first-order valence-electron chi connectivity index (χ1n) is 10.8. The average Bonchev–Trinajstić information content (AvgIpc) is 3.23. The third-order valence-corrected chi connectivity index (χ3v) is 7.48. The molecule has 0 amide bonds. The molecule has 0 radical (unpaired) electrons. The lowest BCUT2D eigenvalue weighted by atomic mass is 10.0. The van der Waals surface area contributed by atoms with Crippen LogP contribution in [0.4, 0.5) is 13.2 Å². The van der Waals surface area contributed by atoms with Gasteiger partial charge in [-0.2, -0.15) is 13.2 Å². The lowest BCUT2D eigenvalue weighted by molar-refractivity contribution is -0.137. The van der Waals surface area contributed by atoms with Crippen LogP contribution in [0.25, 0.3) is 11.0 Å². The number of rotatable bonds is 6. The van der Waals surface area contributed by atoms with Gasteiger partial charge in [-0.05, 0) is 53.4 Å². The second-order valence-electron chi connectivity index (χ2n) is 8.53. The van der Waals surface area contributed by atoms with Crippen LogP contribution < -0.4 is 0 Å². The number of aliphatic hydroxyl groups excluding tert-OH is 1. The second-order valence-corrected chi connectivity index (χ2v) is 10.3. The maximum atomic E-state index is 13.8. The van der Waals surface area contributed by atoms with E-state index < -0.39 is 33.8 Å².